The molecule has 0 aliphatic rings. The first kappa shape index (κ1) is 24.3. The molecule has 0 unspecified atom stereocenters. The van der Waals surface area contributed by atoms with Gasteiger partial charge < -0.3 is 25.6 Å². The van der Waals surface area contributed by atoms with Crippen LogP contribution in [0, 0.1) is 0 Å². The third kappa shape index (κ3) is 7.03. The molecule has 5 nitrogen and oxygen atoms in total. The molecule has 7 heteroatoms. The van der Waals surface area contributed by atoms with Gasteiger partial charge in [0, 0.05) is 6.54 Å². The monoisotopic (exact) mass is 454 g/mol. The van der Waals surface area contributed by atoms with Crippen molar-refractivity contribution in [1.82, 2.24) is 5.32 Å². The van der Waals surface area contributed by atoms with Gasteiger partial charge in [0.1, 0.15) is 5.60 Å². The molecule has 0 bridgehead atoms. The number of thiocarbonyl (C=S) groups is 2. The highest BCUT2D eigenvalue weighted by molar-refractivity contribution is 7.80. The van der Waals surface area contributed by atoms with Crippen molar-refractivity contribution in [2.45, 2.75) is 5.60 Å². The van der Waals surface area contributed by atoms with E-state index in [2.05, 4.69) is 59.7 Å². The number of methoxy groups -OCH3 is 1. The Hall–Kier alpha value is -3.00. The third-order valence-corrected chi connectivity index (χ3v) is 4.73. The molecule has 0 fully saturated rings. The first-order chi connectivity index (χ1) is 15.0. The average Bonchev–Trinajstić information content (AvgIpc) is 2.80. The zero-order valence-corrected chi connectivity index (χ0v) is 18.9. The van der Waals surface area contributed by atoms with E-state index in [0.717, 1.165) is 16.7 Å². The van der Waals surface area contributed by atoms with Gasteiger partial charge in [-0.2, -0.15) is 0 Å². The number of aliphatic hydroxyl groups excluding tert-OH is 1. The molecule has 0 saturated carbocycles. The van der Waals surface area contributed by atoms with E-state index < -0.39 is 10.8 Å². The lowest BCUT2D eigenvalue weighted by Crippen LogP contribution is -2.36. The highest BCUT2D eigenvalue weighted by atomic mass is 32.1. The standard InChI is InChI=1S/C23H23NO2S.CH3NOS/c1-25-22(27)24-17-18-26-23(19-11-5-2-6-12-19,20-13-7-3-8-14-20)21-15-9-4-10-16-21;2-1(3)4/h2-16H,17-18H2,1H3,(H,24,27);(H3,2,3,4). The van der Waals surface area contributed by atoms with Crippen molar-refractivity contribution < 1.29 is 14.6 Å². The van der Waals surface area contributed by atoms with Crippen LogP contribution in [0.25, 0.3) is 0 Å². The van der Waals surface area contributed by atoms with Crippen LogP contribution in [0.3, 0.4) is 0 Å². The molecule has 3 rings (SSSR count). The summed E-state index contributed by atoms with van der Waals surface area (Å²) >= 11 is 8.92. The highest BCUT2D eigenvalue weighted by Crippen LogP contribution is 2.40. The topological polar surface area (TPSA) is 76.7 Å². The SMILES string of the molecule is COC(=S)NCCOC(c1ccccc1)(c1ccccc1)c1ccccc1.NC(O)=S. The molecule has 3 aromatic rings. The van der Waals surface area contributed by atoms with Gasteiger partial charge in [0.15, 0.2) is 0 Å². The predicted octanol–water partition coefficient (Wildman–Crippen LogP) is 4.30. The average molecular weight is 455 g/mol. The van der Waals surface area contributed by atoms with E-state index in [9.17, 15) is 0 Å². The van der Waals surface area contributed by atoms with Gasteiger partial charge in [-0.15, -0.1) is 0 Å². The second-order valence-corrected chi connectivity index (χ2v) is 7.17. The molecule has 0 aromatic heterocycles. The molecule has 0 amide bonds. The first-order valence-corrected chi connectivity index (χ1v) is 10.4. The Morgan fingerprint density at radius 1 is 0.839 bits per heavy atom. The number of ether oxygens (including phenoxy) is 2. The van der Waals surface area contributed by atoms with Gasteiger partial charge in [0.2, 0.25) is 0 Å². The minimum Gasteiger partial charge on any atom is -0.487 e. The number of nitrogens with two attached hydrogens (primary N) is 1. The van der Waals surface area contributed by atoms with E-state index in [-0.39, 0.29) is 0 Å². The quantitative estimate of drug-likeness (QED) is 0.279. The molecule has 0 atom stereocenters. The van der Waals surface area contributed by atoms with Crippen LogP contribution in [0.4, 0.5) is 0 Å². The largest absolute Gasteiger partial charge is 0.487 e. The van der Waals surface area contributed by atoms with Crippen LogP contribution in [0.15, 0.2) is 91.0 Å². The fourth-order valence-corrected chi connectivity index (χ4v) is 3.30. The van der Waals surface area contributed by atoms with Crippen LogP contribution in [0.1, 0.15) is 16.7 Å². The van der Waals surface area contributed by atoms with Crippen molar-refractivity contribution in [2.75, 3.05) is 20.3 Å². The zero-order chi connectivity index (χ0) is 22.5. The molecular weight excluding hydrogens is 428 g/mol. The highest BCUT2D eigenvalue weighted by Gasteiger charge is 2.37. The lowest BCUT2D eigenvalue weighted by molar-refractivity contribution is 0.0160. The van der Waals surface area contributed by atoms with Crippen molar-refractivity contribution in [3.8, 4) is 0 Å². The first-order valence-electron chi connectivity index (χ1n) is 9.61. The third-order valence-electron chi connectivity index (χ3n) is 4.42. The van der Waals surface area contributed by atoms with Crippen LogP contribution in [-0.2, 0) is 15.1 Å². The molecule has 162 valence electrons. The van der Waals surface area contributed by atoms with E-state index in [4.69, 9.17) is 26.8 Å². The van der Waals surface area contributed by atoms with Crippen LogP contribution < -0.4 is 11.1 Å². The van der Waals surface area contributed by atoms with Crippen molar-refractivity contribution in [3.05, 3.63) is 108 Å². The molecule has 0 aliphatic carbocycles. The molecule has 0 aliphatic heterocycles. The smallest absolute Gasteiger partial charge is 0.256 e. The fraction of sp³-hybridized carbons (Fsp3) is 0.167. The van der Waals surface area contributed by atoms with Crippen LogP contribution in [-0.4, -0.2) is 35.7 Å². The molecule has 3 aromatic carbocycles. The minimum absolute atomic E-state index is 0.364. The van der Waals surface area contributed by atoms with E-state index in [0.29, 0.717) is 18.3 Å². The lowest BCUT2D eigenvalue weighted by Gasteiger charge is -2.36. The zero-order valence-electron chi connectivity index (χ0n) is 17.2. The number of rotatable bonds is 7. The van der Waals surface area contributed by atoms with Crippen LogP contribution >= 0.6 is 24.4 Å². The normalized spacial score (nSPS) is 10.4. The van der Waals surface area contributed by atoms with E-state index in [1.807, 2.05) is 54.6 Å². The van der Waals surface area contributed by atoms with Crippen LogP contribution in [0.5, 0.6) is 0 Å². The summed E-state index contributed by atoms with van der Waals surface area (Å²) in [5, 5.41) is 10.5. The summed E-state index contributed by atoms with van der Waals surface area (Å²) in [5.74, 6) is 0. The summed E-state index contributed by atoms with van der Waals surface area (Å²) in [5.41, 5.74) is 6.93. The van der Waals surface area contributed by atoms with Gasteiger partial charge in [-0.1, -0.05) is 91.0 Å². The second kappa shape index (κ2) is 12.6. The van der Waals surface area contributed by atoms with Crippen molar-refractivity contribution in [1.29, 1.82) is 0 Å². The Bertz CT molecular complexity index is 838. The van der Waals surface area contributed by atoms with Crippen molar-refractivity contribution >= 4 is 34.8 Å². The summed E-state index contributed by atoms with van der Waals surface area (Å²) in [6.45, 7) is 1.02. The molecular formula is C24H26N2O3S2. The predicted molar refractivity (Wildman–Crippen MR) is 132 cm³/mol. The Labute approximate surface area is 193 Å². The number of aliphatic hydroxyl groups is 1. The van der Waals surface area contributed by atoms with Gasteiger partial charge in [-0.25, -0.2) is 0 Å². The van der Waals surface area contributed by atoms with E-state index in [1.165, 1.54) is 0 Å². The summed E-state index contributed by atoms with van der Waals surface area (Å²) in [6, 6.07) is 30.9. The van der Waals surface area contributed by atoms with Gasteiger partial charge >= 0.3 is 0 Å². The van der Waals surface area contributed by atoms with Gasteiger partial charge in [-0.05, 0) is 41.1 Å². The number of hydrogen-bond donors (Lipinski definition) is 3. The molecule has 0 radical (unpaired) electrons. The van der Waals surface area contributed by atoms with E-state index in [1.54, 1.807) is 7.11 Å². The summed E-state index contributed by atoms with van der Waals surface area (Å²) in [6.07, 6.45) is 0. The minimum atomic E-state index is -0.708. The van der Waals surface area contributed by atoms with Gasteiger partial charge in [-0.3, -0.25) is 0 Å². The Morgan fingerprint density at radius 3 is 1.52 bits per heavy atom. The Morgan fingerprint density at radius 2 is 1.19 bits per heavy atom. The fourth-order valence-electron chi connectivity index (χ4n) is 3.20. The summed E-state index contributed by atoms with van der Waals surface area (Å²) in [4.78, 5) is 0. The second-order valence-electron chi connectivity index (χ2n) is 6.38. The maximum atomic E-state index is 7.56. The lowest BCUT2D eigenvalue weighted by atomic mass is 9.80. The summed E-state index contributed by atoms with van der Waals surface area (Å²) in [7, 11) is 1.55. The van der Waals surface area contributed by atoms with E-state index >= 15 is 0 Å². The number of benzene rings is 3. The molecule has 4 N–H and O–H groups in total. The van der Waals surface area contributed by atoms with Crippen molar-refractivity contribution in [2.24, 2.45) is 5.73 Å². The molecule has 0 heterocycles. The maximum absolute atomic E-state index is 7.56. The molecule has 31 heavy (non-hydrogen) atoms. The Balaban J connectivity index is 0.000000785. The number of nitrogens with one attached hydrogen (secondary N) is 1. The molecule has 0 spiro atoms. The summed E-state index contributed by atoms with van der Waals surface area (Å²) < 4.78 is 11.6. The van der Waals surface area contributed by atoms with Gasteiger partial charge in [0.05, 0.1) is 13.7 Å². The molecule has 0 saturated heterocycles. The number of hydrogen-bond acceptors (Lipinski definition) is 4. The van der Waals surface area contributed by atoms with Gasteiger partial charge in [0.25, 0.3) is 10.3 Å². The van der Waals surface area contributed by atoms with Crippen LogP contribution in [0.2, 0.25) is 0 Å². The maximum Gasteiger partial charge on any atom is 0.256 e. The Kier molecular flexibility index (Phi) is 9.90. The van der Waals surface area contributed by atoms with Crippen molar-refractivity contribution in [3.63, 3.8) is 0 Å².